The summed E-state index contributed by atoms with van der Waals surface area (Å²) in [6, 6.07) is 4.25. The first-order valence-corrected chi connectivity index (χ1v) is 9.39. The van der Waals surface area contributed by atoms with Crippen LogP contribution in [0.3, 0.4) is 0 Å². The molecule has 0 fully saturated rings. The number of carboxylic acid groups (broad SMARTS) is 2. The van der Waals surface area contributed by atoms with Crippen LogP contribution in [0, 0.1) is 5.92 Å². The number of hydrogen-bond donors (Lipinski definition) is 4. The molecule has 0 saturated carbocycles. The zero-order valence-electron chi connectivity index (χ0n) is 16.7. The highest BCUT2D eigenvalue weighted by Crippen LogP contribution is 2.21. The number of aliphatic carboxylic acids is 1. The summed E-state index contributed by atoms with van der Waals surface area (Å²) < 4.78 is 0. The number of phenolic OH excluding ortho intramolecular Hbond substituents is 1. The lowest BCUT2D eigenvalue weighted by atomic mass is 9.97. The van der Waals surface area contributed by atoms with Crippen molar-refractivity contribution in [3.63, 3.8) is 0 Å². The van der Waals surface area contributed by atoms with E-state index in [2.05, 4.69) is 6.08 Å². The van der Waals surface area contributed by atoms with E-state index in [1.165, 1.54) is 25.1 Å². The van der Waals surface area contributed by atoms with Crippen molar-refractivity contribution in [2.75, 3.05) is 0 Å². The Hall–Kier alpha value is -2.60. The zero-order chi connectivity index (χ0) is 21.3. The second-order valence-electron chi connectivity index (χ2n) is 7.23. The van der Waals surface area contributed by atoms with Crippen molar-refractivity contribution in [3.8, 4) is 5.75 Å². The van der Waals surface area contributed by atoms with Crippen molar-refractivity contribution >= 4 is 11.9 Å². The van der Waals surface area contributed by atoms with Gasteiger partial charge in [-0.3, -0.25) is 4.79 Å². The summed E-state index contributed by atoms with van der Waals surface area (Å²) in [7, 11) is 0. The summed E-state index contributed by atoms with van der Waals surface area (Å²) in [5.74, 6) is -2.70. The second kappa shape index (κ2) is 11.3. The largest absolute Gasteiger partial charge is 0.508 e. The smallest absolute Gasteiger partial charge is 0.335 e. The van der Waals surface area contributed by atoms with Crippen molar-refractivity contribution < 1.29 is 30.0 Å². The number of aliphatic hydroxyl groups excluding tert-OH is 1. The minimum atomic E-state index is -1.02. The van der Waals surface area contributed by atoms with Gasteiger partial charge in [-0.1, -0.05) is 23.3 Å². The fourth-order valence-electron chi connectivity index (χ4n) is 2.71. The third-order valence-electron chi connectivity index (χ3n) is 4.83. The maximum atomic E-state index is 11.0. The quantitative estimate of drug-likeness (QED) is 0.422. The molecule has 0 aliphatic heterocycles. The topological polar surface area (TPSA) is 115 Å². The van der Waals surface area contributed by atoms with E-state index >= 15 is 0 Å². The monoisotopic (exact) mass is 390 g/mol. The molecule has 1 rings (SSSR count). The van der Waals surface area contributed by atoms with Gasteiger partial charge in [0.05, 0.1) is 17.6 Å². The van der Waals surface area contributed by atoms with E-state index in [1.807, 2.05) is 19.9 Å². The van der Waals surface area contributed by atoms with Crippen molar-refractivity contribution in [1.82, 2.24) is 0 Å². The minimum absolute atomic E-state index is 0.0823. The third-order valence-corrected chi connectivity index (χ3v) is 4.83. The Labute approximate surface area is 165 Å². The van der Waals surface area contributed by atoms with Crippen LogP contribution in [0.1, 0.15) is 62.4 Å². The number of allylic oxidation sites excluding steroid dienone is 4. The summed E-state index contributed by atoms with van der Waals surface area (Å²) in [4.78, 5) is 21.9. The van der Waals surface area contributed by atoms with Crippen molar-refractivity contribution in [3.05, 3.63) is 52.6 Å². The number of carbonyl (C=O) groups is 2. The molecule has 0 heterocycles. The summed E-state index contributed by atoms with van der Waals surface area (Å²) in [5, 5.41) is 37.6. The normalized spacial score (nSPS) is 14.6. The van der Waals surface area contributed by atoms with E-state index in [0.717, 1.165) is 24.0 Å². The molecular formula is C22H30O6. The predicted octanol–water partition coefficient (Wildman–Crippen LogP) is 4.17. The van der Waals surface area contributed by atoms with Crippen molar-refractivity contribution in [1.29, 1.82) is 0 Å². The molecule has 0 spiro atoms. The Morgan fingerprint density at radius 1 is 1.07 bits per heavy atom. The molecule has 6 heteroatoms. The summed E-state index contributed by atoms with van der Waals surface area (Å²) >= 11 is 0. The molecule has 0 bridgehead atoms. The molecule has 0 unspecified atom stereocenters. The predicted molar refractivity (Wildman–Crippen MR) is 108 cm³/mol. The van der Waals surface area contributed by atoms with Gasteiger partial charge in [-0.15, -0.1) is 0 Å². The number of aliphatic hydroxyl groups is 1. The van der Waals surface area contributed by atoms with Crippen LogP contribution in [0.15, 0.2) is 41.5 Å². The van der Waals surface area contributed by atoms with Gasteiger partial charge < -0.3 is 20.4 Å². The van der Waals surface area contributed by atoms with Crippen molar-refractivity contribution in [2.45, 2.75) is 59.0 Å². The Bertz CT molecular complexity index is 747. The average molecular weight is 390 g/mol. The van der Waals surface area contributed by atoms with Crippen LogP contribution >= 0.6 is 0 Å². The van der Waals surface area contributed by atoms with Gasteiger partial charge in [0.1, 0.15) is 5.75 Å². The Morgan fingerprint density at radius 2 is 1.71 bits per heavy atom. The average Bonchev–Trinajstić information content (AvgIpc) is 2.64. The van der Waals surface area contributed by atoms with Crippen LogP contribution in [0.25, 0.3) is 0 Å². The highest BCUT2D eigenvalue weighted by atomic mass is 16.4. The van der Waals surface area contributed by atoms with E-state index in [4.69, 9.17) is 10.2 Å². The van der Waals surface area contributed by atoms with Gasteiger partial charge in [0.2, 0.25) is 0 Å². The first-order valence-electron chi connectivity index (χ1n) is 9.39. The molecule has 1 aromatic carbocycles. The molecule has 0 aromatic heterocycles. The van der Waals surface area contributed by atoms with E-state index in [-0.39, 0.29) is 11.3 Å². The first kappa shape index (κ1) is 23.4. The Kier molecular flexibility index (Phi) is 9.45. The SMILES string of the molecule is C/C(=C/Cc1cc(C(=O)O)ccc1O)CC/C=C(/C)CC[C@@H](O)[C@H](C)C(=O)O. The van der Waals surface area contributed by atoms with Crippen LogP contribution in [-0.2, 0) is 11.2 Å². The van der Waals surface area contributed by atoms with Crippen LogP contribution in [-0.4, -0.2) is 38.5 Å². The molecule has 6 nitrogen and oxygen atoms in total. The lowest BCUT2D eigenvalue weighted by Crippen LogP contribution is -2.25. The summed E-state index contributed by atoms with van der Waals surface area (Å²) in [6.07, 6.45) is 6.38. The van der Waals surface area contributed by atoms with Gasteiger partial charge in [-0.25, -0.2) is 4.79 Å². The molecule has 4 N–H and O–H groups in total. The molecule has 0 aliphatic rings. The molecule has 0 saturated heterocycles. The maximum Gasteiger partial charge on any atom is 0.335 e. The number of phenols is 1. The lowest BCUT2D eigenvalue weighted by molar-refractivity contribution is -0.144. The third kappa shape index (κ3) is 7.96. The highest BCUT2D eigenvalue weighted by molar-refractivity contribution is 5.88. The number of rotatable bonds is 11. The number of hydrogen-bond acceptors (Lipinski definition) is 4. The molecular weight excluding hydrogens is 360 g/mol. The van der Waals surface area contributed by atoms with Gasteiger partial charge >= 0.3 is 11.9 Å². The van der Waals surface area contributed by atoms with Crippen molar-refractivity contribution in [2.24, 2.45) is 5.92 Å². The fraction of sp³-hybridized carbons (Fsp3) is 0.455. The molecule has 28 heavy (non-hydrogen) atoms. The molecule has 2 atom stereocenters. The standard InChI is InChI=1S/C22H30O6/c1-14(7-9-17-13-18(22(27)28)10-12-20(17)24)5-4-6-15(2)8-11-19(23)16(3)21(25)26/h6-7,10,12-13,16,19,23-24H,4-5,8-9,11H2,1-3H3,(H,25,26)(H,27,28)/b14-7-,15-6-/t16-,19+/m0/s1. The lowest BCUT2D eigenvalue weighted by Gasteiger charge is -2.14. The maximum absolute atomic E-state index is 11.0. The zero-order valence-corrected chi connectivity index (χ0v) is 16.7. The molecule has 154 valence electrons. The van der Waals surface area contributed by atoms with Crippen LogP contribution in [0.5, 0.6) is 5.75 Å². The molecule has 1 aromatic rings. The minimum Gasteiger partial charge on any atom is -0.508 e. The van der Waals surface area contributed by atoms with Crippen LogP contribution in [0.2, 0.25) is 0 Å². The first-order chi connectivity index (χ1) is 13.1. The van der Waals surface area contributed by atoms with E-state index in [0.29, 0.717) is 24.8 Å². The van der Waals surface area contributed by atoms with Crippen LogP contribution in [0.4, 0.5) is 0 Å². The molecule has 0 amide bonds. The summed E-state index contributed by atoms with van der Waals surface area (Å²) in [5.41, 5.74) is 2.96. The fourth-order valence-corrected chi connectivity index (χ4v) is 2.71. The van der Waals surface area contributed by atoms with E-state index < -0.39 is 24.0 Å². The van der Waals surface area contributed by atoms with E-state index in [1.54, 1.807) is 0 Å². The van der Waals surface area contributed by atoms with Gasteiger partial charge in [-0.2, -0.15) is 0 Å². The Morgan fingerprint density at radius 3 is 2.32 bits per heavy atom. The van der Waals surface area contributed by atoms with Gasteiger partial charge in [0.25, 0.3) is 0 Å². The highest BCUT2D eigenvalue weighted by Gasteiger charge is 2.20. The van der Waals surface area contributed by atoms with Gasteiger partial charge in [0, 0.05) is 0 Å². The molecule has 0 aliphatic carbocycles. The number of aromatic hydroxyl groups is 1. The number of benzene rings is 1. The second-order valence-corrected chi connectivity index (χ2v) is 7.23. The number of aromatic carboxylic acids is 1. The number of carboxylic acids is 2. The van der Waals surface area contributed by atoms with E-state index in [9.17, 15) is 19.8 Å². The van der Waals surface area contributed by atoms with Gasteiger partial charge in [0.15, 0.2) is 0 Å². The Balaban J connectivity index is 2.50. The van der Waals surface area contributed by atoms with Gasteiger partial charge in [-0.05, 0) is 76.6 Å². The summed E-state index contributed by atoms with van der Waals surface area (Å²) in [6.45, 7) is 5.45. The molecule has 0 radical (unpaired) electrons. The van der Waals surface area contributed by atoms with Crippen LogP contribution < -0.4 is 0 Å².